The third kappa shape index (κ3) is 8.52. The maximum absolute atomic E-state index is 12.0. The highest BCUT2D eigenvalue weighted by Crippen LogP contribution is 2.20. The summed E-state index contributed by atoms with van der Waals surface area (Å²) in [5.74, 6) is 0.147. The fourth-order valence-electron chi connectivity index (χ4n) is 2.03. The molecule has 0 aliphatic carbocycles. The summed E-state index contributed by atoms with van der Waals surface area (Å²) in [4.78, 5) is 13.7. The Kier molecular flexibility index (Phi) is 10.9. The lowest BCUT2D eigenvalue weighted by Gasteiger charge is -2.17. The number of carbonyl (C=O) groups is 1. The van der Waals surface area contributed by atoms with Crippen LogP contribution < -0.4 is 5.73 Å². The van der Waals surface area contributed by atoms with Crippen LogP contribution in [-0.2, 0) is 11.3 Å². The zero-order valence-corrected chi connectivity index (χ0v) is 14.6. The second kappa shape index (κ2) is 11.1. The average molecular weight is 354 g/mol. The minimum absolute atomic E-state index is 0. The first kappa shape index (κ1) is 20.5. The summed E-state index contributed by atoms with van der Waals surface area (Å²) in [5, 5.41) is 1.19. The summed E-state index contributed by atoms with van der Waals surface area (Å²) in [6.07, 6.45) is 4.68. The molecule has 0 fully saturated rings. The molecule has 0 heterocycles. The maximum Gasteiger partial charge on any atom is 0.222 e. The first-order valence-electron chi connectivity index (χ1n) is 6.92. The summed E-state index contributed by atoms with van der Waals surface area (Å²) >= 11 is 11.9. The molecule has 0 spiro atoms. The molecule has 0 radical (unpaired) electrons. The quantitative estimate of drug-likeness (QED) is 0.709. The van der Waals surface area contributed by atoms with Gasteiger partial charge in [0, 0.05) is 30.1 Å². The van der Waals surface area contributed by atoms with Crippen LogP contribution in [0.15, 0.2) is 18.2 Å². The van der Waals surface area contributed by atoms with Gasteiger partial charge in [-0.1, -0.05) is 36.0 Å². The molecule has 21 heavy (non-hydrogen) atoms. The van der Waals surface area contributed by atoms with Crippen molar-refractivity contribution < 1.29 is 4.79 Å². The second-order valence-corrected chi connectivity index (χ2v) is 5.85. The molecule has 0 bridgehead atoms. The van der Waals surface area contributed by atoms with E-state index in [1.807, 2.05) is 12.1 Å². The van der Waals surface area contributed by atoms with E-state index < -0.39 is 0 Å². The Morgan fingerprint density at radius 2 is 1.67 bits per heavy atom. The Balaban J connectivity index is 0.00000400. The molecule has 2 N–H and O–H groups in total. The SMILES string of the molecule is CN(Cc1cc(Cl)cc(Cl)c1)C(=O)CCCCCCN.Cl. The monoisotopic (exact) mass is 352 g/mol. The lowest BCUT2D eigenvalue weighted by Crippen LogP contribution is -2.25. The van der Waals surface area contributed by atoms with Gasteiger partial charge in [0.25, 0.3) is 0 Å². The fraction of sp³-hybridized carbons (Fsp3) is 0.533. The first-order chi connectivity index (χ1) is 9.52. The van der Waals surface area contributed by atoms with E-state index in [1.165, 1.54) is 0 Å². The average Bonchev–Trinajstić information content (AvgIpc) is 2.36. The Hall–Kier alpha value is -0.480. The number of nitrogens with two attached hydrogens (primary N) is 1. The van der Waals surface area contributed by atoms with Gasteiger partial charge in [-0.05, 0) is 43.1 Å². The number of benzene rings is 1. The molecular formula is C15H23Cl3N2O. The van der Waals surface area contributed by atoms with Crippen molar-refractivity contribution in [3.05, 3.63) is 33.8 Å². The van der Waals surface area contributed by atoms with Crippen molar-refractivity contribution in [2.75, 3.05) is 13.6 Å². The van der Waals surface area contributed by atoms with Crippen LogP contribution in [0.1, 0.15) is 37.7 Å². The highest BCUT2D eigenvalue weighted by Gasteiger charge is 2.09. The number of hydrogen-bond acceptors (Lipinski definition) is 2. The van der Waals surface area contributed by atoms with E-state index in [-0.39, 0.29) is 18.3 Å². The van der Waals surface area contributed by atoms with Crippen molar-refractivity contribution in [3.63, 3.8) is 0 Å². The smallest absolute Gasteiger partial charge is 0.222 e. The number of nitrogens with zero attached hydrogens (tertiary/aromatic N) is 1. The largest absolute Gasteiger partial charge is 0.341 e. The number of amides is 1. The predicted octanol–water partition coefficient (Wildman–Crippen LogP) is 4.28. The summed E-state index contributed by atoms with van der Waals surface area (Å²) in [7, 11) is 1.80. The Morgan fingerprint density at radius 3 is 2.24 bits per heavy atom. The van der Waals surface area contributed by atoms with Crippen molar-refractivity contribution in [1.82, 2.24) is 4.90 Å². The summed E-state index contributed by atoms with van der Waals surface area (Å²) in [5.41, 5.74) is 6.38. The van der Waals surface area contributed by atoms with E-state index in [0.29, 0.717) is 23.0 Å². The minimum atomic E-state index is 0. The van der Waals surface area contributed by atoms with Crippen molar-refractivity contribution in [2.45, 2.75) is 38.6 Å². The molecule has 0 aliphatic rings. The molecule has 0 saturated carbocycles. The lowest BCUT2D eigenvalue weighted by atomic mass is 10.1. The highest BCUT2D eigenvalue weighted by atomic mass is 35.5. The van der Waals surface area contributed by atoms with Crippen LogP contribution in [0.5, 0.6) is 0 Å². The maximum atomic E-state index is 12.0. The zero-order valence-electron chi connectivity index (χ0n) is 12.3. The number of carbonyl (C=O) groups excluding carboxylic acids is 1. The van der Waals surface area contributed by atoms with Gasteiger partial charge < -0.3 is 10.6 Å². The van der Waals surface area contributed by atoms with Gasteiger partial charge >= 0.3 is 0 Å². The fourth-order valence-corrected chi connectivity index (χ4v) is 2.60. The Labute approximate surface area is 143 Å². The van der Waals surface area contributed by atoms with Crippen molar-refractivity contribution in [2.24, 2.45) is 5.73 Å². The van der Waals surface area contributed by atoms with Gasteiger partial charge in [0.2, 0.25) is 5.91 Å². The van der Waals surface area contributed by atoms with E-state index in [2.05, 4.69) is 0 Å². The van der Waals surface area contributed by atoms with Gasteiger partial charge in [0.05, 0.1) is 0 Å². The Morgan fingerprint density at radius 1 is 1.10 bits per heavy atom. The third-order valence-corrected chi connectivity index (χ3v) is 3.55. The summed E-state index contributed by atoms with van der Waals surface area (Å²) < 4.78 is 0. The van der Waals surface area contributed by atoms with E-state index in [1.54, 1.807) is 18.0 Å². The highest BCUT2D eigenvalue weighted by molar-refractivity contribution is 6.34. The van der Waals surface area contributed by atoms with Crippen LogP contribution in [0, 0.1) is 0 Å². The summed E-state index contributed by atoms with van der Waals surface area (Å²) in [6, 6.07) is 5.35. The van der Waals surface area contributed by atoms with E-state index in [0.717, 1.165) is 37.8 Å². The number of unbranched alkanes of at least 4 members (excludes halogenated alkanes) is 3. The molecule has 0 unspecified atom stereocenters. The van der Waals surface area contributed by atoms with Gasteiger partial charge in [0.15, 0.2) is 0 Å². The van der Waals surface area contributed by atoms with Crippen LogP contribution in [0.3, 0.4) is 0 Å². The summed E-state index contributed by atoms with van der Waals surface area (Å²) in [6.45, 7) is 1.26. The third-order valence-electron chi connectivity index (χ3n) is 3.11. The molecule has 1 rings (SSSR count). The molecule has 1 aromatic carbocycles. The van der Waals surface area contributed by atoms with Gasteiger partial charge in [-0.2, -0.15) is 0 Å². The minimum Gasteiger partial charge on any atom is -0.341 e. The van der Waals surface area contributed by atoms with Gasteiger partial charge in [-0.15, -0.1) is 12.4 Å². The molecule has 0 atom stereocenters. The van der Waals surface area contributed by atoms with E-state index in [4.69, 9.17) is 28.9 Å². The zero-order chi connectivity index (χ0) is 15.0. The lowest BCUT2D eigenvalue weighted by molar-refractivity contribution is -0.130. The first-order valence-corrected chi connectivity index (χ1v) is 7.67. The van der Waals surface area contributed by atoms with Gasteiger partial charge in [0.1, 0.15) is 0 Å². The van der Waals surface area contributed by atoms with Crippen LogP contribution in [0.25, 0.3) is 0 Å². The van der Waals surface area contributed by atoms with Crippen molar-refractivity contribution >= 4 is 41.5 Å². The van der Waals surface area contributed by atoms with Crippen LogP contribution in [0.2, 0.25) is 10.0 Å². The molecule has 0 aliphatic heterocycles. The second-order valence-electron chi connectivity index (χ2n) is 4.98. The number of hydrogen-bond donors (Lipinski definition) is 1. The molecule has 1 amide bonds. The van der Waals surface area contributed by atoms with Crippen molar-refractivity contribution in [1.29, 1.82) is 0 Å². The van der Waals surface area contributed by atoms with E-state index >= 15 is 0 Å². The van der Waals surface area contributed by atoms with Crippen LogP contribution in [-0.4, -0.2) is 24.4 Å². The standard InChI is InChI=1S/C15H22Cl2N2O.ClH/c1-19(15(20)6-4-2-3-5-7-18)11-12-8-13(16)10-14(17)9-12;/h8-10H,2-7,11,18H2,1H3;1H. The molecule has 0 aromatic heterocycles. The predicted molar refractivity (Wildman–Crippen MR) is 92.3 cm³/mol. The van der Waals surface area contributed by atoms with Crippen LogP contribution >= 0.6 is 35.6 Å². The molecule has 120 valence electrons. The topological polar surface area (TPSA) is 46.3 Å². The van der Waals surface area contributed by atoms with Crippen molar-refractivity contribution in [3.8, 4) is 0 Å². The number of rotatable bonds is 8. The molecule has 3 nitrogen and oxygen atoms in total. The molecular weight excluding hydrogens is 331 g/mol. The molecule has 0 saturated heterocycles. The van der Waals surface area contributed by atoms with Gasteiger partial charge in [-0.3, -0.25) is 4.79 Å². The molecule has 1 aromatic rings. The van der Waals surface area contributed by atoms with Gasteiger partial charge in [-0.25, -0.2) is 0 Å². The normalized spacial score (nSPS) is 10.1. The van der Waals surface area contributed by atoms with Crippen LogP contribution in [0.4, 0.5) is 0 Å². The Bertz CT molecular complexity index is 421. The number of halogens is 3. The molecule has 6 heteroatoms. The van der Waals surface area contributed by atoms with E-state index in [9.17, 15) is 4.79 Å².